The number of hydrogen-bond donors (Lipinski definition) is 0. The molecule has 1 aliphatic rings. The van der Waals surface area contributed by atoms with Crippen LogP contribution in [0, 0.1) is 0 Å². The van der Waals surface area contributed by atoms with Gasteiger partial charge in [-0.15, -0.1) is 0 Å². The van der Waals surface area contributed by atoms with Gasteiger partial charge in [0.05, 0.1) is 5.69 Å². The van der Waals surface area contributed by atoms with E-state index in [0.717, 1.165) is 25.8 Å². The normalized spacial score (nSPS) is 10.8. The summed E-state index contributed by atoms with van der Waals surface area (Å²) in [7, 11) is 0. The number of rotatable bonds is 7. The number of benzene rings is 1. The maximum atomic E-state index is 4.34. The molecule has 218 valence electrons. The lowest BCUT2D eigenvalue weighted by atomic mass is 10.1. The van der Waals surface area contributed by atoms with Gasteiger partial charge in [0.1, 0.15) is 0 Å². The summed E-state index contributed by atoms with van der Waals surface area (Å²) in [5.41, 5.74) is 7.56. The quantitative estimate of drug-likeness (QED) is 0.334. The molecular weight excluding hydrogens is 448 g/mol. The molecule has 0 atom stereocenters. The summed E-state index contributed by atoms with van der Waals surface area (Å²) >= 11 is 0. The third-order valence-corrected chi connectivity index (χ3v) is 5.68. The van der Waals surface area contributed by atoms with Gasteiger partial charge in [-0.2, -0.15) is 5.10 Å². The van der Waals surface area contributed by atoms with Gasteiger partial charge >= 0.3 is 0 Å². The fraction of sp³-hybridized carbons (Fsp3) is 0.686. The van der Waals surface area contributed by atoms with Gasteiger partial charge in [0.2, 0.25) is 0 Å². The van der Waals surface area contributed by atoms with Crippen molar-refractivity contribution in [3.05, 3.63) is 64.5 Å². The topological polar surface area (TPSA) is 17.8 Å². The second-order valence-electron chi connectivity index (χ2n) is 7.70. The molecule has 2 aromatic rings. The molecule has 0 aliphatic heterocycles. The second-order valence-corrected chi connectivity index (χ2v) is 7.70. The van der Waals surface area contributed by atoms with E-state index in [1.807, 2.05) is 66.3 Å². The van der Waals surface area contributed by atoms with Gasteiger partial charge in [0.25, 0.3) is 0 Å². The van der Waals surface area contributed by atoms with Crippen molar-refractivity contribution in [1.82, 2.24) is 9.78 Å². The van der Waals surface area contributed by atoms with Crippen LogP contribution in [0.4, 0.5) is 0 Å². The molecule has 0 saturated carbocycles. The predicted octanol–water partition coefficient (Wildman–Crippen LogP) is 12.1. The fourth-order valence-corrected chi connectivity index (χ4v) is 3.70. The van der Waals surface area contributed by atoms with Crippen molar-refractivity contribution in [2.24, 2.45) is 0 Å². The maximum Gasteiger partial charge on any atom is 0.0624 e. The lowest BCUT2D eigenvalue weighted by Crippen LogP contribution is -1.95. The Bertz CT molecular complexity index is 655. The Morgan fingerprint density at radius 3 is 1.27 bits per heavy atom. The van der Waals surface area contributed by atoms with E-state index >= 15 is 0 Å². The van der Waals surface area contributed by atoms with Crippen molar-refractivity contribution in [2.75, 3.05) is 0 Å². The Labute approximate surface area is 235 Å². The molecule has 1 aliphatic carbocycles. The molecule has 37 heavy (non-hydrogen) atoms. The van der Waals surface area contributed by atoms with Crippen LogP contribution >= 0.6 is 0 Å². The fourth-order valence-electron chi connectivity index (χ4n) is 3.70. The van der Waals surface area contributed by atoms with E-state index < -0.39 is 0 Å². The number of allylic oxidation sites excluding steroid dienone is 2. The molecule has 0 radical (unpaired) electrons. The highest BCUT2D eigenvalue weighted by Crippen LogP contribution is 2.29. The van der Waals surface area contributed by atoms with Crippen LogP contribution in [0.25, 0.3) is 0 Å². The largest absolute Gasteiger partial charge is 0.273 e. The molecular formula is C35H68N2. The van der Waals surface area contributed by atoms with Gasteiger partial charge in [0, 0.05) is 12.7 Å². The summed E-state index contributed by atoms with van der Waals surface area (Å²) in [6, 6.07) is 10.9. The van der Waals surface area contributed by atoms with Gasteiger partial charge in [-0.05, 0) is 75.5 Å². The van der Waals surface area contributed by atoms with E-state index in [0.29, 0.717) is 0 Å². The predicted molar refractivity (Wildman–Crippen MR) is 174 cm³/mol. The zero-order valence-electron chi connectivity index (χ0n) is 27.9. The lowest BCUT2D eigenvalue weighted by molar-refractivity contribution is 0.644. The molecule has 3 rings (SSSR count). The minimum absolute atomic E-state index is 0.976. The average molecular weight is 517 g/mol. The maximum absolute atomic E-state index is 4.34. The molecule has 1 aromatic carbocycles. The Kier molecular flexibility index (Phi) is 39.0. The van der Waals surface area contributed by atoms with E-state index in [2.05, 4.69) is 77.0 Å². The van der Waals surface area contributed by atoms with Crippen molar-refractivity contribution in [3.8, 4) is 0 Å². The van der Waals surface area contributed by atoms with Gasteiger partial charge in [-0.3, -0.25) is 4.68 Å². The van der Waals surface area contributed by atoms with Gasteiger partial charge in [-0.1, -0.05) is 132 Å². The van der Waals surface area contributed by atoms with Crippen LogP contribution in [0.3, 0.4) is 0 Å². The summed E-state index contributed by atoms with van der Waals surface area (Å²) in [4.78, 5) is 0. The van der Waals surface area contributed by atoms with Crippen molar-refractivity contribution in [2.45, 2.75) is 161 Å². The second kappa shape index (κ2) is 34.2. The summed E-state index contributed by atoms with van der Waals surface area (Å²) in [5.74, 6) is 0. The smallest absolute Gasteiger partial charge is 0.0624 e. The molecule has 0 unspecified atom stereocenters. The molecule has 2 nitrogen and oxygen atoms in total. The molecule has 0 saturated heterocycles. The molecule has 0 N–H and O–H groups in total. The third kappa shape index (κ3) is 21.9. The van der Waals surface area contributed by atoms with E-state index in [-0.39, 0.29) is 0 Å². The standard InChI is InChI=1S/C10H14.C9H16.C8H14N2.4C2H6/c1-3-9-5-7-10(4-2)8-6-9;1-3-8-6-5-7-9(8)4-2;1-3-5-8-6-7-10(4-2)9-8;4*1-2/h5-8H,3-4H2,1-2H3;3-7H2,1-2H3;6-7H,3-5H2,1-2H3;4*1-2H3. The first-order valence-electron chi connectivity index (χ1n) is 15.9. The molecule has 0 amide bonds. The minimum atomic E-state index is 0.976. The van der Waals surface area contributed by atoms with Gasteiger partial charge in [0.15, 0.2) is 0 Å². The van der Waals surface area contributed by atoms with Crippen molar-refractivity contribution < 1.29 is 0 Å². The van der Waals surface area contributed by atoms with Crippen LogP contribution in [-0.2, 0) is 25.8 Å². The molecule has 2 heteroatoms. The summed E-state index contributed by atoms with van der Waals surface area (Å²) in [5, 5.41) is 4.34. The third-order valence-electron chi connectivity index (χ3n) is 5.68. The van der Waals surface area contributed by atoms with E-state index in [9.17, 15) is 0 Å². The minimum Gasteiger partial charge on any atom is -0.273 e. The van der Waals surface area contributed by atoms with Crippen LogP contribution in [0.5, 0.6) is 0 Å². The number of hydrogen-bond acceptors (Lipinski definition) is 1. The number of aromatic nitrogens is 2. The molecule has 1 heterocycles. The Morgan fingerprint density at radius 2 is 1.00 bits per heavy atom. The first-order chi connectivity index (χ1) is 18.1. The monoisotopic (exact) mass is 517 g/mol. The summed E-state index contributed by atoms with van der Waals surface area (Å²) in [6.45, 7) is 30.2. The van der Waals surface area contributed by atoms with Crippen LogP contribution < -0.4 is 0 Å². The SMILES string of the molecule is CC.CC.CC.CC.CCC1=C(CC)CCC1.CCCc1ccn(CC)n1.CCc1ccc(CC)cc1. The average Bonchev–Trinajstić information content (AvgIpc) is 3.67. The Hall–Kier alpha value is -1.83. The van der Waals surface area contributed by atoms with E-state index in [1.165, 1.54) is 55.3 Å². The van der Waals surface area contributed by atoms with Crippen molar-refractivity contribution in [3.63, 3.8) is 0 Å². The lowest BCUT2D eigenvalue weighted by Gasteiger charge is -1.99. The zero-order valence-corrected chi connectivity index (χ0v) is 27.9. The highest BCUT2D eigenvalue weighted by Gasteiger charge is 2.09. The molecule has 0 bridgehead atoms. The summed E-state index contributed by atoms with van der Waals surface area (Å²) in [6.07, 6.45) is 13.4. The first-order valence-corrected chi connectivity index (χ1v) is 15.9. The van der Waals surface area contributed by atoms with Crippen LogP contribution in [0.1, 0.15) is 152 Å². The Balaban J connectivity index is -0.000000194. The molecule has 0 fully saturated rings. The van der Waals surface area contributed by atoms with Crippen LogP contribution in [0.15, 0.2) is 47.7 Å². The first kappa shape index (κ1) is 42.3. The van der Waals surface area contributed by atoms with Crippen LogP contribution in [-0.4, -0.2) is 9.78 Å². The summed E-state index contributed by atoms with van der Waals surface area (Å²) < 4.78 is 1.96. The van der Waals surface area contributed by atoms with Crippen molar-refractivity contribution >= 4 is 0 Å². The van der Waals surface area contributed by atoms with Crippen molar-refractivity contribution in [1.29, 1.82) is 0 Å². The highest BCUT2D eigenvalue weighted by atomic mass is 15.3. The van der Waals surface area contributed by atoms with E-state index in [4.69, 9.17) is 0 Å². The number of aryl methyl sites for hydroxylation is 4. The zero-order chi connectivity index (χ0) is 29.5. The van der Waals surface area contributed by atoms with Gasteiger partial charge < -0.3 is 0 Å². The van der Waals surface area contributed by atoms with E-state index in [1.54, 1.807) is 11.1 Å². The highest BCUT2D eigenvalue weighted by molar-refractivity contribution is 5.22. The number of nitrogens with zero attached hydrogens (tertiary/aromatic N) is 2. The molecule has 0 spiro atoms. The molecule has 1 aromatic heterocycles. The Morgan fingerprint density at radius 1 is 0.595 bits per heavy atom. The van der Waals surface area contributed by atoms with Crippen LogP contribution in [0.2, 0.25) is 0 Å². The van der Waals surface area contributed by atoms with Gasteiger partial charge in [-0.25, -0.2) is 0 Å².